The van der Waals surface area contributed by atoms with E-state index in [1.54, 1.807) is 23.1 Å². The summed E-state index contributed by atoms with van der Waals surface area (Å²) in [6, 6.07) is 14.8. The van der Waals surface area contributed by atoms with Gasteiger partial charge >= 0.3 is 5.97 Å². The molecule has 136 valence electrons. The summed E-state index contributed by atoms with van der Waals surface area (Å²) in [5.41, 5.74) is 1.49. The molecule has 0 aromatic heterocycles. The van der Waals surface area contributed by atoms with Gasteiger partial charge in [0.2, 0.25) is 0 Å². The van der Waals surface area contributed by atoms with Gasteiger partial charge in [-0.25, -0.2) is 0 Å². The first-order valence-corrected chi connectivity index (χ1v) is 8.58. The standard InChI is InChI=1S/C20H21NO5/c22-19(23)7-4-10-21(14-15-5-2-1-3-6-15)20(24)16-8-9-17-18(13-16)26-12-11-25-17/h1-3,5-6,8-9,13H,4,7,10-12,14H2,(H,22,23). The molecule has 0 aliphatic carbocycles. The summed E-state index contributed by atoms with van der Waals surface area (Å²) in [6.45, 7) is 1.74. The van der Waals surface area contributed by atoms with Crippen molar-refractivity contribution in [3.63, 3.8) is 0 Å². The van der Waals surface area contributed by atoms with E-state index < -0.39 is 5.97 Å². The molecule has 1 aliphatic heterocycles. The van der Waals surface area contributed by atoms with Crippen LogP contribution in [0.25, 0.3) is 0 Å². The Morgan fingerprint density at radius 1 is 1.00 bits per heavy atom. The predicted molar refractivity (Wildman–Crippen MR) is 95.5 cm³/mol. The predicted octanol–water partition coefficient (Wildman–Crippen LogP) is 2.97. The number of carboxylic acid groups (broad SMARTS) is 1. The van der Waals surface area contributed by atoms with Crippen LogP contribution in [0.3, 0.4) is 0 Å². The Labute approximate surface area is 152 Å². The molecule has 0 atom stereocenters. The number of ether oxygens (including phenoxy) is 2. The average Bonchev–Trinajstić information content (AvgIpc) is 2.67. The molecule has 6 nitrogen and oxygen atoms in total. The quantitative estimate of drug-likeness (QED) is 0.826. The highest BCUT2D eigenvalue weighted by Crippen LogP contribution is 2.31. The average molecular weight is 355 g/mol. The molecule has 1 heterocycles. The van der Waals surface area contributed by atoms with E-state index in [1.165, 1.54) is 0 Å². The highest BCUT2D eigenvalue weighted by atomic mass is 16.6. The molecule has 0 unspecified atom stereocenters. The Kier molecular flexibility index (Phi) is 5.73. The van der Waals surface area contributed by atoms with Gasteiger partial charge in [0.25, 0.3) is 5.91 Å². The Hall–Kier alpha value is -3.02. The third-order valence-corrected chi connectivity index (χ3v) is 4.11. The maximum absolute atomic E-state index is 13.0. The Balaban J connectivity index is 1.77. The first-order valence-electron chi connectivity index (χ1n) is 8.58. The maximum atomic E-state index is 13.0. The number of hydrogen-bond acceptors (Lipinski definition) is 4. The minimum atomic E-state index is -0.864. The van der Waals surface area contributed by atoms with Gasteiger partial charge in [0.05, 0.1) is 0 Å². The van der Waals surface area contributed by atoms with Gasteiger partial charge in [-0.3, -0.25) is 9.59 Å². The zero-order chi connectivity index (χ0) is 18.4. The van der Waals surface area contributed by atoms with Gasteiger partial charge in [-0.15, -0.1) is 0 Å². The lowest BCUT2D eigenvalue weighted by Gasteiger charge is -2.24. The van der Waals surface area contributed by atoms with Gasteiger partial charge in [0.15, 0.2) is 11.5 Å². The van der Waals surface area contributed by atoms with Gasteiger partial charge in [-0.2, -0.15) is 0 Å². The highest BCUT2D eigenvalue weighted by molar-refractivity contribution is 5.95. The van der Waals surface area contributed by atoms with Crippen LogP contribution in [0, 0.1) is 0 Å². The molecule has 2 aromatic carbocycles. The van der Waals surface area contributed by atoms with E-state index in [9.17, 15) is 9.59 Å². The largest absolute Gasteiger partial charge is 0.486 e. The van der Waals surface area contributed by atoms with E-state index in [1.807, 2.05) is 30.3 Å². The molecular weight excluding hydrogens is 334 g/mol. The maximum Gasteiger partial charge on any atom is 0.303 e. The van der Waals surface area contributed by atoms with Crippen molar-refractivity contribution >= 4 is 11.9 Å². The number of rotatable bonds is 7. The second kappa shape index (κ2) is 8.38. The summed E-state index contributed by atoms with van der Waals surface area (Å²) in [6.07, 6.45) is 0.429. The molecule has 0 saturated heterocycles. The number of aliphatic carboxylic acids is 1. The molecule has 3 rings (SSSR count). The van der Waals surface area contributed by atoms with Gasteiger partial charge in [-0.05, 0) is 30.2 Å². The van der Waals surface area contributed by atoms with Crippen LogP contribution >= 0.6 is 0 Å². The van der Waals surface area contributed by atoms with Crippen LogP contribution in [0.2, 0.25) is 0 Å². The van der Waals surface area contributed by atoms with Gasteiger partial charge in [-0.1, -0.05) is 30.3 Å². The van der Waals surface area contributed by atoms with Crippen LogP contribution < -0.4 is 9.47 Å². The minimum Gasteiger partial charge on any atom is -0.486 e. The summed E-state index contributed by atoms with van der Waals surface area (Å²) >= 11 is 0. The smallest absolute Gasteiger partial charge is 0.303 e. The van der Waals surface area contributed by atoms with Crippen LogP contribution in [-0.4, -0.2) is 41.6 Å². The zero-order valence-corrected chi connectivity index (χ0v) is 14.4. The molecule has 0 bridgehead atoms. The second-order valence-corrected chi connectivity index (χ2v) is 6.07. The van der Waals surface area contributed by atoms with E-state index in [4.69, 9.17) is 14.6 Å². The third kappa shape index (κ3) is 4.53. The zero-order valence-electron chi connectivity index (χ0n) is 14.4. The molecule has 0 fully saturated rings. The van der Waals surface area contributed by atoms with Crippen LogP contribution in [0.4, 0.5) is 0 Å². The monoisotopic (exact) mass is 355 g/mol. The Bertz CT molecular complexity index is 775. The molecule has 1 N–H and O–H groups in total. The van der Waals surface area contributed by atoms with Crippen LogP contribution in [0.5, 0.6) is 11.5 Å². The number of carbonyl (C=O) groups excluding carboxylic acids is 1. The first-order chi connectivity index (χ1) is 12.6. The highest BCUT2D eigenvalue weighted by Gasteiger charge is 2.20. The van der Waals surface area contributed by atoms with Crippen molar-refractivity contribution in [2.24, 2.45) is 0 Å². The van der Waals surface area contributed by atoms with E-state index in [-0.39, 0.29) is 12.3 Å². The molecule has 1 amide bonds. The molecule has 0 spiro atoms. The van der Waals surface area contributed by atoms with E-state index in [0.29, 0.717) is 49.8 Å². The van der Waals surface area contributed by atoms with Crippen molar-refractivity contribution in [3.8, 4) is 11.5 Å². The summed E-state index contributed by atoms with van der Waals surface area (Å²) in [4.78, 5) is 25.5. The molecule has 6 heteroatoms. The van der Waals surface area contributed by atoms with Crippen molar-refractivity contribution in [1.29, 1.82) is 0 Å². The van der Waals surface area contributed by atoms with Crippen molar-refractivity contribution in [2.75, 3.05) is 19.8 Å². The number of nitrogens with zero attached hydrogens (tertiary/aromatic N) is 1. The lowest BCUT2D eigenvalue weighted by molar-refractivity contribution is -0.137. The van der Waals surface area contributed by atoms with Crippen molar-refractivity contribution < 1.29 is 24.2 Å². The fraction of sp³-hybridized carbons (Fsp3) is 0.300. The number of carbonyl (C=O) groups is 2. The molecule has 26 heavy (non-hydrogen) atoms. The molecule has 0 saturated carbocycles. The summed E-state index contributed by atoms with van der Waals surface area (Å²) in [7, 11) is 0. The third-order valence-electron chi connectivity index (χ3n) is 4.11. The lowest BCUT2D eigenvalue weighted by atomic mass is 10.1. The van der Waals surface area contributed by atoms with Gasteiger partial charge in [0, 0.05) is 25.1 Å². The van der Waals surface area contributed by atoms with Gasteiger partial charge < -0.3 is 19.5 Å². The van der Waals surface area contributed by atoms with Crippen molar-refractivity contribution in [2.45, 2.75) is 19.4 Å². The SMILES string of the molecule is O=C(O)CCCN(Cc1ccccc1)C(=O)c1ccc2c(c1)OCCO2. The Morgan fingerprint density at radius 3 is 2.46 bits per heavy atom. The van der Waals surface area contributed by atoms with Crippen LogP contribution in [0.15, 0.2) is 48.5 Å². The van der Waals surface area contributed by atoms with E-state index in [2.05, 4.69) is 0 Å². The molecule has 1 aliphatic rings. The van der Waals surface area contributed by atoms with Crippen molar-refractivity contribution in [3.05, 3.63) is 59.7 Å². The second-order valence-electron chi connectivity index (χ2n) is 6.07. The molecule has 2 aromatic rings. The number of amides is 1. The Morgan fingerprint density at radius 2 is 1.73 bits per heavy atom. The van der Waals surface area contributed by atoms with E-state index in [0.717, 1.165) is 5.56 Å². The lowest BCUT2D eigenvalue weighted by Crippen LogP contribution is -2.32. The number of hydrogen-bond donors (Lipinski definition) is 1. The van der Waals surface area contributed by atoms with E-state index >= 15 is 0 Å². The molecule has 0 radical (unpaired) electrons. The number of fused-ring (bicyclic) bond motifs is 1. The summed E-state index contributed by atoms with van der Waals surface area (Å²) in [5.74, 6) is 0.174. The minimum absolute atomic E-state index is 0.0275. The van der Waals surface area contributed by atoms with Crippen molar-refractivity contribution in [1.82, 2.24) is 4.90 Å². The van der Waals surface area contributed by atoms with Crippen LogP contribution in [-0.2, 0) is 11.3 Å². The van der Waals surface area contributed by atoms with Crippen LogP contribution in [0.1, 0.15) is 28.8 Å². The normalized spacial score (nSPS) is 12.5. The first kappa shape index (κ1) is 17.8. The number of carboxylic acids is 1. The number of benzene rings is 2. The summed E-state index contributed by atoms with van der Waals surface area (Å²) < 4.78 is 11.0. The topological polar surface area (TPSA) is 76.1 Å². The molecular formula is C20H21NO5. The fourth-order valence-electron chi connectivity index (χ4n) is 2.84. The van der Waals surface area contributed by atoms with Gasteiger partial charge in [0.1, 0.15) is 13.2 Å². The fourth-order valence-corrected chi connectivity index (χ4v) is 2.84. The summed E-state index contributed by atoms with van der Waals surface area (Å²) in [5, 5.41) is 8.87.